The van der Waals surface area contributed by atoms with Crippen LogP contribution in [-0.4, -0.2) is 42.4 Å². The van der Waals surface area contributed by atoms with Crippen LogP contribution in [0.25, 0.3) is 0 Å². The maximum atomic E-state index is 12.8. The van der Waals surface area contributed by atoms with Gasteiger partial charge in [-0.2, -0.15) is 0 Å². The molecule has 5 nitrogen and oxygen atoms in total. The van der Waals surface area contributed by atoms with E-state index in [9.17, 15) is 9.59 Å². The van der Waals surface area contributed by atoms with Crippen molar-refractivity contribution in [3.05, 3.63) is 29.8 Å². The first-order valence-corrected chi connectivity index (χ1v) is 8.61. The summed E-state index contributed by atoms with van der Waals surface area (Å²) in [7, 11) is 0. The van der Waals surface area contributed by atoms with Crippen molar-refractivity contribution in [3.63, 3.8) is 0 Å². The normalized spacial score (nSPS) is 19.5. The molecule has 1 saturated carbocycles. The number of nitrogens with zero attached hydrogens (tertiary/aromatic N) is 1. The van der Waals surface area contributed by atoms with E-state index in [4.69, 9.17) is 0 Å². The second kappa shape index (κ2) is 8.49. The number of carbonyl (C=O) groups is 2. The summed E-state index contributed by atoms with van der Waals surface area (Å²) in [5.74, 6) is 0.362. The van der Waals surface area contributed by atoms with E-state index < -0.39 is 0 Å². The predicted octanol–water partition coefficient (Wildman–Crippen LogP) is 2.67. The minimum Gasteiger partial charge on any atom is -0.334 e. The summed E-state index contributed by atoms with van der Waals surface area (Å²) < 4.78 is 0. The molecule has 1 aliphatic carbocycles. The van der Waals surface area contributed by atoms with Crippen molar-refractivity contribution in [2.45, 2.75) is 38.6 Å². The number of carbonyl (C=O) groups excluding carboxylic acids is 2. The van der Waals surface area contributed by atoms with Crippen LogP contribution in [0.5, 0.6) is 0 Å². The van der Waals surface area contributed by atoms with Gasteiger partial charge in [-0.05, 0) is 56.5 Å². The molecule has 2 aliphatic rings. The Hall–Kier alpha value is -1.59. The van der Waals surface area contributed by atoms with Gasteiger partial charge in [-0.3, -0.25) is 9.59 Å². The third-order valence-electron chi connectivity index (χ3n) is 4.55. The van der Waals surface area contributed by atoms with Crippen molar-refractivity contribution in [1.82, 2.24) is 10.2 Å². The SMILES string of the molecule is CCCN(C(=O)c1ccc(NC(=O)C2CC2)cc1)C1CCNC1.Cl. The molecule has 0 spiro atoms. The van der Waals surface area contributed by atoms with E-state index in [1.54, 1.807) is 0 Å². The molecule has 3 rings (SSSR count). The lowest BCUT2D eigenvalue weighted by molar-refractivity contribution is -0.117. The Morgan fingerprint density at radius 2 is 1.92 bits per heavy atom. The van der Waals surface area contributed by atoms with E-state index >= 15 is 0 Å². The molecule has 0 aromatic heterocycles. The molecule has 0 bridgehead atoms. The third-order valence-corrected chi connectivity index (χ3v) is 4.55. The Morgan fingerprint density at radius 1 is 1.21 bits per heavy atom. The summed E-state index contributed by atoms with van der Waals surface area (Å²) in [5, 5.41) is 6.23. The molecule has 6 heteroatoms. The highest BCUT2D eigenvalue weighted by Gasteiger charge is 2.30. The number of anilines is 1. The van der Waals surface area contributed by atoms with Crippen LogP contribution in [-0.2, 0) is 4.79 Å². The van der Waals surface area contributed by atoms with Gasteiger partial charge in [-0.15, -0.1) is 12.4 Å². The van der Waals surface area contributed by atoms with Crippen LogP contribution < -0.4 is 10.6 Å². The lowest BCUT2D eigenvalue weighted by Crippen LogP contribution is -2.42. The van der Waals surface area contributed by atoms with Crippen LogP contribution in [0.1, 0.15) is 43.0 Å². The standard InChI is InChI=1S/C18H25N3O2.ClH/c1-2-11-21(16-9-10-19-12-16)18(23)14-5-7-15(8-6-14)20-17(22)13-3-4-13;/h5-8,13,16,19H,2-4,9-12H2,1H3,(H,20,22);1H. The predicted molar refractivity (Wildman–Crippen MR) is 97.6 cm³/mol. The van der Waals surface area contributed by atoms with Crippen molar-refractivity contribution in [2.75, 3.05) is 25.0 Å². The number of benzene rings is 1. The first kappa shape index (κ1) is 18.7. The first-order chi connectivity index (χ1) is 11.2. The lowest BCUT2D eigenvalue weighted by atomic mass is 10.1. The zero-order valence-electron chi connectivity index (χ0n) is 14.1. The van der Waals surface area contributed by atoms with Gasteiger partial charge in [-0.1, -0.05) is 6.92 Å². The lowest BCUT2D eigenvalue weighted by Gasteiger charge is -2.28. The van der Waals surface area contributed by atoms with E-state index in [0.29, 0.717) is 5.56 Å². The summed E-state index contributed by atoms with van der Waals surface area (Å²) in [6.45, 7) is 4.73. The Kier molecular flexibility index (Phi) is 6.63. The van der Waals surface area contributed by atoms with Gasteiger partial charge in [0.1, 0.15) is 0 Å². The van der Waals surface area contributed by atoms with Gasteiger partial charge < -0.3 is 15.5 Å². The highest BCUT2D eigenvalue weighted by atomic mass is 35.5. The van der Waals surface area contributed by atoms with E-state index in [-0.39, 0.29) is 36.2 Å². The molecule has 1 unspecified atom stereocenters. The molecule has 0 radical (unpaired) electrons. The Morgan fingerprint density at radius 3 is 2.46 bits per heavy atom. The molecule has 2 amide bonds. The minimum atomic E-state index is 0. The zero-order valence-corrected chi connectivity index (χ0v) is 14.9. The Bertz CT molecular complexity index is 566. The van der Waals surface area contributed by atoms with Crippen molar-refractivity contribution in [2.24, 2.45) is 5.92 Å². The largest absolute Gasteiger partial charge is 0.334 e. The van der Waals surface area contributed by atoms with Crippen LogP contribution in [0.4, 0.5) is 5.69 Å². The van der Waals surface area contributed by atoms with E-state index in [2.05, 4.69) is 17.6 Å². The summed E-state index contributed by atoms with van der Waals surface area (Å²) in [4.78, 5) is 26.5. The molecule has 1 aromatic carbocycles. The van der Waals surface area contributed by atoms with E-state index in [0.717, 1.165) is 51.0 Å². The number of amides is 2. The van der Waals surface area contributed by atoms with E-state index in [1.165, 1.54) is 0 Å². The zero-order chi connectivity index (χ0) is 16.2. The summed E-state index contributed by atoms with van der Waals surface area (Å²) in [6.07, 6.45) is 3.95. The highest BCUT2D eigenvalue weighted by molar-refractivity contribution is 5.97. The van der Waals surface area contributed by atoms with Gasteiger partial charge in [0.05, 0.1) is 0 Å². The second-order valence-electron chi connectivity index (χ2n) is 6.49. The topological polar surface area (TPSA) is 61.4 Å². The first-order valence-electron chi connectivity index (χ1n) is 8.61. The summed E-state index contributed by atoms with van der Waals surface area (Å²) in [6, 6.07) is 7.57. The molecule has 1 aliphatic heterocycles. The van der Waals surface area contributed by atoms with Crippen LogP contribution in [0.3, 0.4) is 0 Å². The van der Waals surface area contributed by atoms with Crippen molar-refractivity contribution < 1.29 is 9.59 Å². The number of nitrogens with one attached hydrogen (secondary N) is 2. The monoisotopic (exact) mass is 351 g/mol. The number of rotatable bonds is 6. The van der Waals surface area contributed by atoms with E-state index in [1.807, 2.05) is 29.2 Å². The van der Waals surface area contributed by atoms with Crippen LogP contribution in [0.2, 0.25) is 0 Å². The number of hydrogen-bond acceptors (Lipinski definition) is 3. The Balaban J connectivity index is 0.00000208. The molecule has 132 valence electrons. The molecule has 2 fully saturated rings. The van der Waals surface area contributed by atoms with Gasteiger partial charge in [0, 0.05) is 36.3 Å². The van der Waals surface area contributed by atoms with Gasteiger partial charge in [-0.25, -0.2) is 0 Å². The molecule has 1 saturated heterocycles. The Labute approximate surface area is 149 Å². The quantitative estimate of drug-likeness (QED) is 0.828. The van der Waals surface area contributed by atoms with Crippen molar-refractivity contribution >= 4 is 29.9 Å². The minimum absolute atomic E-state index is 0. The maximum absolute atomic E-state index is 12.8. The van der Waals surface area contributed by atoms with Crippen molar-refractivity contribution in [3.8, 4) is 0 Å². The molecule has 1 heterocycles. The highest BCUT2D eigenvalue weighted by Crippen LogP contribution is 2.30. The van der Waals surface area contributed by atoms with Crippen molar-refractivity contribution in [1.29, 1.82) is 0 Å². The van der Waals surface area contributed by atoms with Gasteiger partial charge in [0.15, 0.2) is 0 Å². The fourth-order valence-electron chi connectivity index (χ4n) is 3.05. The molecule has 24 heavy (non-hydrogen) atoms. The van der Waals surface area contributed by atoms with Crippen LogP contribution in [0, 0.1) is 5.92 Å². The average Bonchev–Trinajstić information content (AvgIpc) is 3.29. The number of hydrogen-bond donors (Lipinski definition) is 2. The summed E-state index contributed by atoms with van der Waals surface area (Å²) >= 11 is 0. The fraction of sp³-hybridized carbons (Fsp3) is 0.556. The molecular formula is C18H26ClN3O2. The van der Waals surface area contributed by atoms with Gasteiger partial charge >= 0.3 is 0 Å². The average molecular weight is 352 g/mol. The molecule has 1 atom stereocenters. The van der Waals surface area contributed by atoms with Gasteiger partial charge in [0.25, 0.3) is 5.91 Å². The molecular weight excluding hydrogens is 326 g/mol. The maximum Gasteiger partial charge on any atom is 0.254 e. The third kappa shape index (κ3) is 4.48. The van der Waals surface area contributed by atoms with Crippen LogP contribution >= 0.6 is 12.4 Å². The smallest absolute Gasteiger partial charge is 0.254 e. The fourth-order valence-corrected chi connectivity index (χ4v) is 3.05. The number of halogens is 1. The van der Waals surface area contributed by atoms with Crippen LogP contribution in [0.15, 0.2) is 24.3 Å². The second-order valence-corrected chi connectivity index (χ2v) is 6.49. The summed E-state index contributed by atoms with van der Waals surface area (Å²) in [5.41, 5.74) is 1.46. The van der Waals surface area contributed by atoms with Gasteiger partial charge in [0.2, 0.25) is 5.91 Å². The molecule has 2 N–H and O–H groups in total. The molecule has 1 aromatic rings.